The van der Waals surface area contributed by atoms with Crippen molar-refractivity contribution < 1.29 is 19.4 Å². The highest BCUT2D eigenvalue weighted by Gasteiger charge is 2.36. The van der Waals surface area contributed by atoms with E-state index in [1.165, 1.54) is 0 Å². The van der Waals surface area contributed by atoms with E-state index in [-0.39, 0.29) is 0 Å². The van der Waals surface area contributed by atoms with E-state index in [0.29, 0.717) is 6.42 Å². The lowest BCUT2D eigenvalue weighted by Crippen LogP contribution is -2.36. The Balaban J connectivity index is 1.65. The minimum atomic E-state index is -0.888. The Kier molecular flexibility index (Phi) is 6.26. The fourth-order valence-electron chi connectivity index (χ4n) is 5.52. The first-order chi connectivity index (χ1) is 17.9. The summed E-state index contributed by atoms with van der Waals surface area (Å²) in [4.78, 5) is 20.5. The number of methoxy groups -OCH3 is 2. The molecule has 0 fully saturated rings. The smallest absolute Gasteiger partial charge is 0.309 e. The van der Waals surface area contributed by atoms with Gasteiger partial charge in [0.05, 0.1) is 30.8 Å². The number of aryl methyl sites for hydroxylation is 1. The number of nitrogens with one attached hydrogen (secondary N) is 1. The number of carboxylic acid groups (broad SMARTS) is 1. The van der Waals surface area contributed by atoms with Crippen LogP contribution in [-0.2, 0) is 10.3 Å². The average molecular weight is 532 g/mol. The van der Waals surface area contributed by atoms with E-state index in [9.17, 15) is 9.90 Å². The lowest BCUT2D eigenvalue weighted by Gasteiger charge is -2.34. The number of aromatic amines is 1. The number of hydrogen-bond acceptors (Lipinski definition) is 5. The van der Waals surface area contributed by atoms with Crippen LogP contribution in [0.15, 0.2) is 48.0 Å². The van der Waals surface area contributed by atoms with E-state index in [1.807, 2.05) is 30.3 Å². The van der Waals surface area contributed by atoms with Crippen molar-refractivity contribution in [3.8, 4) is 33.3 Å². The maximum absolute atomic E-state index is 11.9. The van der Waals surface area contributed by atoms with Crippen LogP contribution in [0.3, 0.4) is 0 Å². The molecule has 0 atom stereocenters. The maximum Gasteiger partial charge on any atom is 0.309 e. The van der Waals surface area contributed by atoms with E-state index in [0.717, 1.165) is 60.8 Å². The van der Waals surface area contributed by atoms with Crippen LogP contribution in [0, 0.1) is 12.3 Å². The molecular weight excluding hydrogens is 498 g/mol. The molecule has 198 valence electrons. The van der Waals surface area contributed by atoms with E-state index in [1.54, 1.807) is 39.4 Å². The first-order valence-corrected chi connectivity index (χ1v) is 13.4. The van der Waals surface area contributed by atoms with Crippen LogP contribution in [-0.4, -0.2) is 39.8 Å². The van der Waals surface area contributed by atoms with Gasteiger partial charge in [0.25, 0.3) is 0 Å². The van der Waals surface area contributed by atoms with Gasteiger partial charge in [-0.15, -0.1) is 11.3 Å². The molecule has 2 aromatic carbocycles. The minimum absolute atomic E-state index is 0.454. The molecular formula is C30H33N3O4S. The number of hydrogen-bond donors (Lipinski definition) is 2. The van der Waals surface area contributed by atoms with Crippen LogP contribution in [0.25, 0.3) is 43.6 Å². The van der Waals surface area contributed by atoms with Crippen LogP contribution in [0.1, 0.15) is 39.8 Å². The summed E-state index contributed by atoms with van der Waals surface area (Å²) in [5.74, 6) is 0.742. The number of rotatable bonds is 8. The van der Waals surface area contributed by atoms with Gasteiger partial charge >= 0.3 is 5.97 Å². The molecule has 0 saturated heterocycles. The van der Waals surface area contributed by atoms with Crippen LogP contribution >= 0.6 is 11.3 Å². The summed E-state index contributed by atoms with van der Waals surface area (Å²) in [7, 11) is 3.32. The van der Waals surface area contributed by atoms with Crippen molar-refractivity contribution in [1.82, 2.24) is 14.5 Å². The second kappa shape index (κ2) is 9.20. The van der Waals surface area contributed by atoms with Crippen LogP contribution in [0.2, 0.25) is 0 Å². The van der Waals surface area contributed by atoms with Gasteiger partial charge in [-0.2, -0.15) is 0 Å². The number of carboxylic acids is 1. The van der Waals surface area contributed by atoms with Crippen LogP contribution in [0.4, 0.5) is 0 Å². The van der Waals surface area contributed by atoms with E-state index < -0.39 is 16.9 Å². The number of ether oxygens (including phenoxy) is 2. The molecule has 5 rings (SSSR count). The van der Waals surface area contributed by atoms with Crippen molar-refractivity contribution >= 4 is 39.1 Å². The lowest BCUT2D eigenvalue weighted by molar-refractivity contribution is -0.148. The summed E-state index contributed by atoms with van der Waals surface area (Å²) in [6, 6.07) is 12.0. The Morgan fingerprint density at radius 1 is 1.05 bits per heavy atom. The molecule has 0 aliphatic heterocycles. The average Bonchev–Trinajstić information content (AvgIpc) is 3.56. The molecule has 0 aliphatic carbocycles. The number of thiazole rings is 1. The van der Waals surface area contributed by atoms with Gasteiger partial charge in [0, 0.05) is 56.3 Å². The molecule has 3 aromatic heterocycles. The summed E-state index contributed by atoms with van der Waals surface area (Å²) >= 11 is 1.60. The highest BCUT2D eigenvalue weighted by Crippen LogP contribution is 2.43. The standard InChI is InChI=1S/C30H33N3O4S/c1-17-26(21-12-18(36-6)9-11-23(21)31-17)24-15-38-27(32-24)22-14-33(25-13-19(37-7)8-10-20(22)25)30(4,5)16-29(2,3)28(34)35/h8-15,31H,16H2,1-7H3,(H,34,35). The zero-order valence-electron chi connectivity index (χ0n) is 22.8. The van der Waals surface area contributed by atoms with Gasteiger partial charge < -0.3 is 24.1 Å². The molecule has 0 unspecified atom stereocenters. The maximum atomic E-state index is 11.9. The predicted octanol–water partition coefficient (Wildman–Crippen LogP) is 7.47. The summed E-state index contributed by atoms with van der Waals surface area (Å²) in [5, 5.41) is 14.9. The Morgan fingerprint density at radius 3 is 2.42 bits per heavy atom. The number of benzene rings is 2. The fraction of sp³-hybridized carbons (Fsp3) is 0.333. The summed E-state index contributed by atoms with van der Waals surface area (Å²) < 4.78 is 13.2. The topological polar surface area (TPSA) is 89.4 Å². The Morgan fingerprint density at radius 2 is 1.74 bits per heavy atom. The van der Waals surface area contributed by atoms with Gasteiger partial charge in [-0.25, -0.2) is 4.98 Å². The van der Waals surface area contributed by atoms with Crippen molar-refractivity contribution in [2.75, 3.05) is 14.2 Å². The third-order valence-corrected chi connectivity index (χ3v) is 8.18. The molecule has 8 heteroatoms. The number of aliphatic carboxylic acids is 1. The Hall–Kier alpha value is -3.78. The fourth-order valence-corrected chi connectivity index (χ4v) is 6.36. The molecule has 7 nitrogen and oxygen atoms in total. The summed E-state index contributed by atoms with van der Waals surface area (Å²) in [6.07, 6.45) is 2.56. The van der Waals surface area contributed by atoms with Gasteiger partial charge in [0.15, 0.2) is 0 Å². The predicted molar refractivity (Wildman–Crippen MR) is 154 cm³/mol. The monoisotopic (exact) mass is 531 g/mol. The van der Waals surface area contributed by atoms with Crippen molar-refractivity contribution in [3.05, 3.63) is 53.7 Å². The number of carbonyl (C=O) groups is 1. The quantitative estimate of drug-likeness (QED) is 0.217. The van der Waals surface area contributed by atoms with Gasteiger partial charge in [-0.3, -0.25) is 4.79 Å². The molecule has 0 aliphatic rings. The van der Waals surface area contributed by atoms with E-state index >= 15 is 0 Å². The number of aromatic nitrogens is 3. The van der Waals surface area contributed by atoms with Gasteiger partial charge in [-0.05, 0) is 71.4 Å². The summed E-state index contributed by atoms with van der Waals surface area (Å²) in [5.41, 5.74) is 4.69. The SMILES string of the molecule is COc1ccc2[nH]c(C)c(-c3csc(-c4cn(C(C)(C)CC(C)(C)C(=O)O)c5cc(OC)ccc45)n3)c2c1. The summed E-state index contributed by atoms with van der Waals surface area (Å²) in [6.45, 7) is 9.77. The molecule has 0 saturated carbocycles. The Labute approximate surface area is 226 Å². The molecule has 3 heterocycles. The normalized spacial score (nSPS) is 12.4. The second-order valence-electron chi connectivity index (χ2n) is 11.0. The number of fused-ring (bicyclic) bond motifs is 2. The molecule has 0 spiro atoms. The van der Waals surface area contributed by atoms with E-state index in [2.05, 4.69) is 48.0 Å². The van der Waals surface area contributed by atoms with E-state index in [4.69, 9.17) is 14.5 Å². The van der Waals surface area contributed by atoms with Crippen molar-refractivity contribution in [3.63, 3.8) is 0 Å². The third-order valence-electron chi connectivity index (χ3n) is 7.30. The van der Waals surface area contributed by atoms with Gasteiger partial charge in [0.1, 0.15) is 16.5 Å². The van der Waals surface area contributed by atoms with Crippen molar-refractivity contribution in [2.45, 2.75) is 46.6 Å². The minimum Gasteiger partial charge on any atom is -0.497 e. The zero-order valence-corrected chi connectivity index (χ0v) is 23.6. The first-order valence-electron chi connectivity index (χ1n) is 12.5. The highest BCUT2D eigenvalue weighted by atomic mass is 32.1. The van der Waals surface area contributed by atoms with Gasteiger partial charge in [-0.1, -0.05) is 0 Å². The van der Waals surface area contributed by atoms with Gasteiger partial charge in [0.2, 0.25) is 0 Å². The first kappa shape index (κ1) is 25.9. The van der Waals surface area contributed by atoms with Crippen LogP contribution < -0.4 is 9.47 Å². The molecule has 0 radical (unpaired) electrons. The third kappa shape index (κ3) is 4.32. The largest absolute Gasteiger partial charge is 0.497 e. The second-order valence-corrected chi connectivity index (χ2v) is 11.9. The molecule has 5 aromatic rings. The Bertz CT molecular complexity index is 1670. The van der Waals surface area contributed by atoms with Crippen molar-refractivity contribution in [2.24, 2.45) is 5.41 Å². The molecule has 2 N–H and O–H groups in total. The van der Waals surface area contributed by atoms with Crippen molar-refractivity contribution in [1.29, 1.82) is 0 Å². The number of H-pyrrole nitrogens is 1. The highest BCUT2D eigenvalue weighted by molar-refractivity contribution is 7.13. The molecule has 0 amide bonds. The lowest BCUT2D eigenvalue weighted by atomic mass is 9.80. The van der Waals surface area contributed by atoms with Crippen LogP contribution in [0.5, 0.6) is 11.5 Å². The number of nitrogens with zero attached hydrogens (tertiary/aromatic N) is 2. The zero-order chi connectivity index (χ0) is 27.4. The molecule has 0 bridgehead atoms. The molecule has 38 heavy (non-hydrogen) atoms.